The highest BCUT2D eigenvalue weighted by Crippen LogP contribution is 2.30. The van der Waals surface area contributed by atoms with Crippen LogP contribution in [0.15, 0.2) is 30.3 Å². The Bertz CT molecular complexity index is 813. The molecule has 0 aliphatic carbocycles. The Balaban J connectivity index is 2.24. The Morgan fingerprint density at radius 2 is 1.92 bits per heavy atom. The number of anilines is 1. The summed E-state index contributed by atoms with van der Waals surface area (Å²) in [6.07, 6.45) is -0.262. The van der Waals surface area contributed by atoms with Crippen LogP contribution in [0.2, 0.25) is 5.02 Å². The number of carbonyl (C=O) groups is 2. The summed E-state index contributed by atoms with van der Waals surface area (Å²) in [6.45, 7) is 5.09. The van der Waals surface area contributed by atoms with E-state index in [1.807, 2.05) is 0 Å². The zero-order valence-electron chi connectivity index (χ0n) is 13.9. The van der Waals surface area contributed by atoms with E-state index in [-0.39, 0.29) is 28.0 Å². The van der Waals surface area contributed by atoms with Crippen molar-refractivity contribution in [1.82, 2.24) is 0 Å². The SMILES string of the molecule is Cc1cc(NC(=O)c2cc(F)c(OC(C)C)c(Cl)c2)ccc1C(=O)O. The molecule has 0 aliphatic heterocycles. The van der Waals surface area contributed by atoms with Gasteiger partial charge in [-0.15, -0.1) is 0 Å². The minimum atomic E-state index is -1.05. The van der Waals surface area contributed by atoms with Crippen molar-refractivity contribution in [3.8, 4) is 5.75 Å². The third kappa shape index (κ3) is 4.48. The number of halogens is 2. The van der Waals surface area contributed by atoms with Crippen molar-refractivity contribution in [2.75, 3.05) is 5.32 Å². The van der Waals surface area contributed by atoms with Gasteiger partial charge in [-0.1, -0.05) is 11.6 Å². The summed E-state index contributed by atoms with van der Waals surface area (Å²) < 4.78 is 19.4. The summed E-state index contributed by atoms with van der Waals surface area (Å²) in [4.78, 5) is 23.3. The lowest BCUT2D eigenvalue weighted by Crippen LogP contribution is -2.14. The first-order valence-electron chi connectivity index (χ1n) is 7.50. The van der Waals surface area contributed by atoms with Crippen molar-refractivity contribution in [1.29, 1.82) is 0 Å². The molecule has 7 heteroatoms. The lowest BCUT2D eigenvalue weighted by Gasteiger charge is -2.14. The van der Waals surface area contributed by atoms with Gasteiger partial charge in [0, 0.05) is 11.3 Å². The number of aryl methyl sites for hydroxylation is 1. The maximum Gasteiger partial charge on any atom is 0.335 e. The molecule has 0 aliphatic rings. The minimum Gasteiger partial charge on any atom is -0.486 e. The van der Waals surface area contributed by atoms with Crippen molar-refractivity contribution in [2.45, 2.75) is 26.9 Å². The fourth-order valence-electron chi connectivity index (χ4n) is 2.22. The highest BCUT2D eigenvalue weighted by atomic mass is 35.5. The topological polar surface area (TPSA) is 75.6 Å². The van der Waals surface area contributed by atoms with Crippen molar-refractivity contribution in [3.05, 3.63) is 57.9 Å². The van der Waals surface area contributed by atoms with Gasteiger partial charge in [-0.2, -0.15) is 0 Å². The monoisotopic (exact) mass is 365 g/mol. The molecule has 0 unspecified atom stereocenters. The molecule has 0 spiro atoms. The molecule has 132 valence electrons. The highest BCUT2D eigenvalue weighted by molar-refractivity contribution is 6.32. The highest BCUT2D eigenvalue weighted by Gasteiger charge is 2.17. The van der Waals surface area contributed by atoms with Gasteiger partial charge in [-0.25, -0.2) is 9.18 Å². The van der Waals surface area contributed by atoms with Crippen LogP contribution in [0.5, 0.6) is 5.75 Å². The maximum atomic E-state index is 14.1. The Kier molecular flexibility index (Phi) is 5.64. The Labute approximate surface area is 149 Å². The van der Waals surface area contributed by atoms with Crippen molar-refractivity contribution in [2.24, 2.45) is 0 Å². The van der Waals surface area contributed by atoms with Gasteiger partial charge in [-0.3, -0.25) is 4.79 Å². The molecule has 25 heavy (non-hydrogen) atoms. The van der Waals surface area contributed by atoms with Crippen LogP contribution in [0, 0.1) is 12.7 Å². The normalized spacial score (nSPS) is 10.6. The van der Waals surface area contributed by atoms with Crippen LogP contribution < -0.4 is 10.1 Å². The molecule has 2 aromatic carbocycles. The molecular weight excluding hydrogens is 349 g/mol. The van der Waals surface area contributed by atoms with E-state index in [4.69, 9.17) is 21.4 Å². The van der Waals surface area contributed by atoms with E-state index in [0.29, 0.717) is 11.3 Å². The van der Waals surface area contributed by atoms with Crippen LogP contribution in [-0.2, 0) is 0 Å². The average Bonchev–Trinajstić information content (AvgIpc) is 2.50. The number of benzene rings is 2. The predicted octanol–water partition coefficient (Wildman–Crippen LogP) is 4.53. The summed E-state index contributed by atoms with van der Waals surface area (Å²) in [6, 6.07) is 6.73. The lowest BCUT2D eigenvalue weighted by atomic mass is 10.1. The van der Waals surface area contributed by atoms with E-state index in [2.05, 4.69) is 5.32 Å². The van der Waals surface area contributed by atoms with E-state index in [0.717, 1.165) is 6.07 Å². The molecule has 0 heterocycles. The molecule has 0 saturated heterocycles. The van der Waals surface area contributed by atoms with Crippen molar-refractivity contribution < 1.29 is 23.8 Å². The molecular formula is C18H17ClFNO4. The van der Waals surface area contributed by atoms with E-state index < -0.39 is 17.7 Å². The number of ether oxygens (including phenoxy) is 1. The van der Waals surface area contributed by atoms with Gasteiger partial charge >= 0.3 is 5.97 Å². The molecule has 2 rings (SSSR count). The zero-order chi connectivity index (χ0) is 18.7. The Hall–Kier alpha value is -2.60. The van der Waals surface area contributed by atoms with E-state index in [1.54, 1.807) is 20.8 Å². The van der Waals surface area contributed by atoms with Gasteiger partial charge in [0.2, 0.25) is 0 Å². The summed E-state index contributed by atoms with van der Waals surface area (Å²) >= 11 is 6.00. The summed E-state index contributed by atoms with van der Waals surface area (Å²) in [5.74, 6) is -2.46. The van der Waals surface area contributed by atoms with Crippen LogP contribution >= 0.6 is 11.6 Å². The number of hydrogen-bond acceptors (Lipinski definition) is 3. The molecule has 0 bridgehead atoms. The molecule has 0 fully saturated rings. The molecule has 5 nitrogen and oxygen atoms in total. The quantitative estimate of drug-likeness (QED) is 0.816. The standard InChI is InChI=1S/C18H17ClFNO4/c1-9(2)25-16-14(19)7-11(8-15(16)20)17(22)21-12-4-5-13(18(23)24)10(3)6-12/h4-9H,1-3H3,(H,21,22)(H,23,24). The number of carboxylic acid groups (broad SMARTS) is 1. The fourth-order valence-corrected chi connectivity index (χ4v) is 2.48. The van der Waals surface area contributed by atoms with Crippen LogP contribution in [0.4, 0.5) is 10.1 Å². The number of hydrogen-bond donors (Lipinski definition) is 2. The summed E-state index contributed by atoms with van der Waals surface area (Å²) in [5.41, 5.74) is 1.06. The third-order valence-electron chi connectivity index (χ3n) is 3.33. The summed E-state index contributed by atoms with van der Waals surface area (Å²) in [5, 5.41) is 11.6. The first-order chi connectivity index (χ1) is 11.7. The van der Waals surface area contributed by atoms with Crippen LogP contribution in [0.1, 0.15) is 40.1 Å². The molecule has 0 aromatic heterocycles. The van der Waals surface area contributed by atoms with Crippen LogP contribution in [-0.4, -0.2) is 23.1 Å². The van der Waals surface area contributed by atoms with E-state index in [1.165, 1.54) is 24.3 Å². The summed E-state index contributed by atoms with van der Waals surface area (Å²) in [7, 11) is 0. The number of carboxylic acids is 1. The van der Waals surface area contributed by atoms with E-state index >= 15 is 0 Å². The predicted molar refractivity (Wildman–Crippen MR) is 93.3 cm³/mol. The van der Waals surface area contributed by atoms with Gasteiger partial charge in [0.25, 0.3) is 5.91 Å². The van der Waals surface area contributed by atoms with Gasteiger partial charge in [0.15, 0.2) is 11.6 Å². The minimum absolute atomic E-state index is 0.00347. The van der Waals surface area contributed by atoms with Crippen molar-refractivity contribution in [3.63, 3.8) is 0 Å². The fraction of sp³-hybridized carbons (Fsp3) is 0.222. The van der Waals surface area contributed by atoms with Crippen LogP contribution in [0.25, 0.3) is 0 Å². The second kappa shape index (κ2) is 7.53. The number of aromatic carboxylic acids is 1. The smallest absolute Gasteiger partial charge is 0.335 e. The molecule has 2 aromatic rings. The molecule has 1 amide bonds. The number of nitrogens with one attached hydrogen (secondary N) is 1. The third-order valence-corrected chi connectivity index (χ3v) is 3.61. The number of carbonyl (C=O) groups excluding carboxylic acids is 1. The molecule has 0 radical (unpaired) electrons. The van der Waals surface area contributed by atoms with Gasteiger partial charge < -0.3 is 15.2 Å². The van der Waals surface area contributed by atoms with Gasteiger partial charge in [-0.05, 0) is 56.7 Å². The molecule has 0 atom stereocenters. The first-order valence-corrected chi connectivity index (χ1v) is 7.88. The second-order valence-corrected chi connectivity index (χ2v) is 6.13. The Morgan fingerprint density at radius 1 is 1.24 bits per heavy atom. The average molecular weight is 366 g/mol. The van der Waals surface area contributed by atoms with Gasteiger partial charge in [0.1, 0.15) is 0 Å². The second-order valence-electron chi connectivity index (χ2n) is 5.72. The van der Waals surface area contributed by atoms with Crippen LogP contribution in [0.3, 0.4) is 0 Å². The Morgan fingerprint density at radius 3 is 2.44 bits per heavy atom. The maximum absolute atomic E-state index is 14.1. The largest absolute Gasteiger partial charge is 0.486 e. The number of amides is 1. The first kappa shape index (κ1) is 18.7. The zero-order valence-corrected chi connectivity index (χ0v) is 14.6. The van der Waals surface area contributed by atoms with E-state index in [9.17, 15) is 14.0 Å². The molecule has 0 saturated carbocycles. The number of rotatable bonds is 5. The van der Waals surface area contributed by atoms with Crippen molar-refractivity contribution >= 4 is 29.2 Å². The molecule has 2 N–H and O–H groups in total. The van der Waals surface area contributed by atoms with Gasteiger partial charge in [0.05, 0.1) is 16.7 Å². The lowest BCUT2D eigenvalue weighted by molar-refractivity contribution is 0.0696.